The first-order valence-electron chi connectivity index (χ1n) is 6.32. The van der Waals surface area contributed by atoms with Crippen molar-refractivity contribution in [3.05, 3.63) is 22.3 Å². The molecule has 1 amide bonds. The molecular weight excluding hydrogens is 310 g/mol. The summed E-state index contributed by atoms with van der Waals surface area (Å²) in [6, 6.07) is 1.69. The van der Waals surface area contributed by atoms with Gasteiger partial charge in [0.25, 0.3) is 5.91 Å². The van der Waals surface area contributed by atoms with Crippen molar-refractivity contribution < 1.29 is 9.53 Å². The van der Waals surface area contributed by atoms with Crippen molar-refractivity contribution in [2.45, 2.75) is 12.8 Å². The van der Waals surface area contributed by atoms with Crippen LogP contribution >= 0.6 is 15.9 Å². The van der Waals surface area contributed by atoms with Gasteiger partial charge in [0.15, 0.2) is 0 Å². The van der Waals surface area contributed by atoms with E-state index in [1.165, 1.54) is 12.8 Å². The summed E-state index contributed by atoms with van der Waals surface area (Å²) < 4.78 is 6.26. The highest BCUT2D eigenvalue weighted by Gasteiger charge is 2.21. The van der Waals surface area contributed by atoms with Gasteiger partial charge in [0.1, 0.15) is 5.82 Å². The van der Waals surface area contributed by atoms with Gasteiger partial charge < -0.3 is 15.4 Å². The Balaban J connectivity index is 1.84. The second kappa shape index (κ2) is 6.34. The fourth-order valence-electron chi connectivity index (χ4n) is 1.66. The predicted molar refractivity (Wildman–Crippen MR) is 76.9 cm³/mol. The SMILES string of the molecule is CN(CCOCC1CC1)C(=O)c1cc(Br)cnc1N. The van der Waals surface area contributed by atoms with E-state index in [1.807, 2.05) is 0 Å². The second-order valence-electron chi connectivity index (χ2n) is 4.83. The molecule has 0 aliphatic heterocycles. The molecule has 0 spiro atoms. The van der Waals surface area contributed by atoms with E-state index >= 15 is 0 Å². The number of nitrogen functional groups attached to an aromatic ring is 1. The Morgan fingerprint density at radius 3 is 3.05 bits per heavy atom. The summed E-state index contributed by atoms with van der Waals surface area (Å²) in [4.78, 5) is 17.8. The number of ether oxygens (including phenoxy) is 1. The van der Waals surface area contributed by atoms with Crippen LogP contribution in [0.2, 0.25) is 0 Å². The first kappa shape index (κ1) is 14.3. The molecule has 5 nitrogen and oxygen atoms in total. The van der Waals surface area contributed by atoms with E-state index in [0.717, 1.165) is 17.0 Å². The molecule has 0 bridgehead atoms. The van der Waals surface area contributed by atoms with Crippen LogP contribution in [-0.2, 0) is 4.74 Å². The number of pyridine rings is 1. The van der Waals surface area contributed by atoms with E-state index in [9.17, 15) is 4.79 Å². The number of aromatic nitrogens is 1. The molecule has 2 rings (SSSR count). The summed E-state index contributed by atoms with van der Waals surface area (Å²) >= 11 is 3.29. The number of rotatable bonds is 6. The quantitative estimate of drug-likeness (QED) is 0.810. The first-order chi connectivity index (χ1) is 9.08. The van der Waals surface area contributed by atoms with Crippen molar-refractivity contribution in [3.63, 3.8) is 0 Å². The third-order valence-electron chi connectivity index (χ3n) is 3.08. The van der Waals surface area contributed by atoms with Crippen molar-refractivity contribution >= 4 is 27.7 Å². The minimum absolute atomic E-state index is 0.138. The van der Waals surface area contributed by atoms with Crippen LogP contribution in [0.5, 0.6) is 0 Å². The van der Waals surface area contributed by atoms with E-state index in [-0.39, 0.29) is 11.7 Å². The predicted octanol–water partition coefficient (Wildman–Crippen LogP) is 1.92. The molecule has 0 aromatic carbocycles. The number of nitrogens with zero attached hydrogens (tertiary/aromatic N) is 2. The molecule has 1 aliphatic rings. The number of anilines is 1. The lowest BCUT2D eigenvalue weighted by Gasteiger charge is -2.18. The standard InChI is InChI=1S/C13H18BrN3O2/c1-17(4-5-19-8-9-2-3-9)13(18)11-6-10(14)7-16-12(11)15/h6-7,9H,2-5,8H2,1H3,(H2,15,16). The van der Waals surface area contributed by atoms with Crippen molar-refractivity contribution in [2.24, 2.45) is 5.92 Å². The van der Waals surface area contributed by atoms with Crippen LogP contribution in [0.1, 0.15) is 23.2 Å². The average molecular weight is 328 g/mol. The third kappa shape index (κ3) is 4.18. The highest BCUT2D eigenvalue weighted by molar-refractivity contribution is 9.10. The van der Waals surface area contributed by atoms with E-state index in [0.29, 0.717) is 18.7 Å². The molecule has 1 aromatic rings. The van der Waals surface area contributed by atoms with Crippen LogP contribution in [0.25, 0.3) is 0 Å². The number of carbonyl (C=O) groups is 1. The van der Waals surface area contributed by atoms with E-state index in [4.69, 9.17) is 10.5 Å². The summed E-state index contributed by atoms with van der Waals surface area (Å²) in [6.07, 6.45) is 4.12. The Labute approximate surface area is 121 Å². The summed E-state index contributed by atoms with van der Waals surface area (Å²) in [5, 5.41) is 0. The van der Waals surface area contributed by atoms with Crippen LogP contribution in [0.15, 0.2) is 16.7 Å². The van der Waals surface area contributed by atoms with E-state index in [1.54, 1.807) is 24.2 Å². The summed E-state index contributed by atoms with van der Waals surface area (Å²) in [5.41, 5.74) is 6.14. The monoisotopic (exact) mass is 327 g/mol. The van der Waals surface area contributed by atoms with Crippen molar-refractivity contribution in [1.82, 2.24) is 9.88 Å². The molecule has 104 valence electrons. The molecule has 0 atom stereocenters. The molecule has 0 unspecified atom stereocenters. The summed E-state index contributed by atoms with van der Waals surface area (Å²) in [5.74, 6) is 0.853. The molecule has 0 radical (unpaired) electrons. The molecular formula is C13H18BrN3O2. The van der Waals surface area contributed by atoms with Gasteiger partial charge in [-0.1, -0.05) is 0 Å². The number of carbonyl (C=O) groups excluding carboxylic acids is 1. The smallest absolute Gasteiger partial charge is 0.257 e. The highest BCUT2D eigenvalue weighted by atomic mass is 79.9. The molecule has 19 heavy (non-hydrogen) atoms. The first-order valence-corrected chi connectivity index (χ1v) is 7.11. The lowest BCUT2D eigenvalue weighted by Crippen LogP contribution is -2.31. The van der Waals surface area contributed by atoms with Crippen molar-refractivity contribution in [2.75, 3.05) is 32.5 Å². The maximum Gasteiger partial charge on any atom is 0.257 e. The van der Waals surface area contributed by atoms with Crippen LogP contribution in [-0.4, -0.2) is 42.6 Å². The van der Waals surface area contributed by atoms with E-state index < -0.39 is 0 Å². The van der Waals surface area contributed by atoms with Crippen LogP contribution in [0, 0.1) is 5.92 Å². The normalized spacial score (nSPS) is 14.4. The molecule has 1 aromatic heterocycles. The number of amides is 1. The molecule has 2 N–H and O–H groups in total. The Morgan fingerprint density at radius 2 is 2.37 bits per heavy atom. The van der Waals surface area contributed by atoms with Crippen LogP contribution < -0.4 is 5.73 Å². The van der Waals surface area contributed by atoms with Crippen LogP contribution in [0.4, 0.5) is 5.82 Å². The minimum atomic E-state index is -0.138. The number of hydrogen-bond acceptors (Lipinski definition) is 4. The van der Waals surface area contributed by atoms with Crippen LogP contribution in [0.3, 0.4) is 0 Å². The van der Waals surface area contributed by atoms with Gasteiger partial charge in [-0.05, 0) is 40.8 Å². The Kier molecular flexibility index (Phi) is 4.76. The number of nitrogens with two attached hydrogens (primary N) is 1. The average Bonchev–Trinajstić information content (AvgIpc) is 3.20. The van der Waals surface area contributed by atoms with Gasteiger partial charge in [-0.3, -0.25) is 4.79 Å². The van der Waals surface area contributed by atoms with Gasteiger partial charge in [-0.25, -0.2) is 4.98 Å². The lowest BCUT2D eigenvalue weighted by molar-refractivity contribution is 0.0681. The fraction of sp³-hybridized carbons (Fsp3) is 0.538. The lowest BCUT2D eigenvalue weighted by atomic mass is 10.2. The Hall–Kier alpha value is -1.14. The van der Waals surface area contributed by atoms with Gasteiger partial charge in [-0.15, -0.1) is 0 Å². The van der Waals surface area contributed by atoms with E-state index in [2.05, 4.69) is 20.9 Å². The maximum atomic E-state index is 12.2. The van der Waals surface area contributed by atoms with Gasteiger partial charge >= 0.3 is 0 Å². The number of likely N-dealkylation sites (N-methyl/N-ethyl adjacent to an activating group) is 1. The van der Waals surface area contributed by atoms with Gasteiger partial charge in [0.2, 0.25) is 0 Å². The summed E-state index contributed by atoms with van der Waals surface area (Å²) in [6.45, 7) is 1.92. The molecule has 6 heteroatoms. The fourth-order valence-corrected chi connectivity index (χ4v) is 2.00. The third-order valence-corrected chi connectivity index (χ3v) is 3.52. The maximum absolute atomic E-state index is 12.2. The Bertz CT molecular complexity index is 463. The zero-order valence-corrected chi connectivity index (χ0v) is 12.5. The number of halogens is 1. The molecule has 1 saturated carbocycles. The van der Waals surface area contributed by atoms with Gasteiger partial charge in [0.05, 0.1) is 12.2 Å². The second-order valence-corrected chi connectivity index (χ2v) is 5.75. The summed E-state index contributed by atoms with van der Waals surface area (Å²) in [7, 11) is 1.74. The Morgan fingerprint density at radius 1 is 1.63 bits per heavy atom. The largest absolute Gasteiger partial charge is 0.383 e. The topological polar surface area (TPSA) is 68.5 Å². The van der Waals surface area contributed by atoms with Gasteiger partial charge in [-0.2, -0.15) is 0 Å². The molecule has 1 aliphatic carbocycles. The molecule has 0 saturated heterocycles. The number of hydrogen-bond donors (Lipinski definition) is 1. The van der Waals surface area contributed by atoms with Gasteiger partial charge in [0, 0.05) is 30.9 Å². The molecule has 1 fully saturated rings. The molecule has 1 heterocycles. The minimum Gasteiger partial charge on any atom is -0.383 e. The van der Waals surface area contributed by atoms with Crippen molar-refractivity contribution in [3.8, 4) is 0 Å². The zero-order chi connectivity index (χ0) is 13.8. The highest BCUT2D eigenvalue weighted by Crippen LogP contribution is 2.28. The van der Waals surface area contributed by atoms with Crippen molar-refractivity contribution in [1.29, 1.82) is 0 Å². The zero-order valence-electron chi connectivity index (χ0n) is 10.9.